The first-order chi connectivity index (χ1) is 9.97. The van der Waals surface area contributed by atoms with Gasteiger partial charge in [0, 0.05) is 6.54 Å². The third kappa shape index (κ3) is 3.71. The molecule has 7 heteroatoms. The summed E-state index contributed by atoms with van der Waals surface area (Å²) in [6.45, 7) is 1.26. The lowest BCUT2D eigenvalue weighted by Gasteiger charge is -2.32. The van der Waals surface area contributed by atoms with Crippen LogP contribution in [0.15, 0.2) is 24.3 Å². The average molecular weight is 292 g/mol. The third-order valence-electron chi connectivity index (χ3n) is 3.17. The lowest BCUT2D eigenvalue weighted by molar-refractivity contribution is -0.154. The number of amides is 2. The van der Waals surface area contributed by atoms with E-state index in [0.717, 1.165) is 10.5 Å². The number of aryl methyl sites for hydroxylation is 1. The molecule has 2 N–H and O–H groups in total. The van der Waals surface area contributed by atoms with Crippen LogP contribution in [0.2, 0.25) is 0 Å². The Morgan fingerprint density at radius 3 is 2.67 bits per heavy atom. The topological polar surface area (TPSA) is 95.9 Å². The van der Waals surface area contributed by atoms with E-state index in [4.69, 9.17) is 9.84 Å². The highest BCUT2D eigenvalue weighted by Gasteiger charge is 2.35. The van der Waals surface area contributed by atoms with Gasteiger partial charge in [0.25, 0.3) is 5.91 Å². The fraction of sp³-hybridized carbons (Fsp3) is 0.357. The van der Waals surface area contributed by atoms with E-state index in [1.807, 2.05) is 19.1 Å². The molecule has 0 bridgehead atoms. The molecule has 21 heavy (non-hydrogen) atoms. The van der Waals surface area contributed by atoms with Gasteiger partial charge in [0.05, 0.1) is 0 Å². The number of piperazine rings is 1. The highest BCUT2D eigenvalue weighted by Crippen LogP contribution is 2.12. The molecule has 1 aliphatic rings. The minimum atomic E-state index is -1.15. The maximum Gasteiger partial charge on any atom is 0.328 e. The molecule has 1 fully saturated rings. The maximum absolute atomic E-state index is 12.1. The summed E-state index contributed by atoms with van der Waals surface area (Å²) >= 11 is 0. The van der Waals surface area contributed by atoms with Crippen LogP contribution in [0.3, 0.4) is 0 Å². The molecule has 0 spiro atoms. The molecule has 1 unspecified atom stereocenters. The van der Waals surface area contributed by atoms with E-state index >= 15 is 0 Å². The first-order valence-corrected chi connectivity index (χ1v) is 6.46. The lowest BCUT2D eigenvalue weighted by Crippen LogP contribution is -2.60. The van der Waals surface area contributed by atoms with Crippen molar-refractivity contribution >= 4 is 17.8 Å². The molecular weight excluding hydrogens is 276 g/mol. The van der Waals surface area contributed by atoms with Crippen molar-refractivity contribution in [3.63, 3.8) is 0 Å². The number of hydrogen-bond acceptors (Lipinski definition) is 4. The number of rotatable bonds is 4. The second-order valence-corrected chi connectivity index (χ2v) is 4.78. The van der Waals surface area contributed by atoms with Crippen molar-refractivity contribution in [1.82, 2.24) is 10.2 Å². The van der Waals surface area contributed by atoms with Crippen molar-refractivity contribution in [3.8, 4) is 5.75 Å². The van der Waals surface area contributed by atoms with Gasteiger partial charge >= 0.3 is 5.97 Å². The SMILES string of the molecule is Cc1ccc(OCC(=O)N2CC(=O)NCC2C(=O)O)cc1. The minimum Gasteiger partial charge on any atom is -0.484 e. The third-order valence-corrected chi connectivity index (χ3v) is 3.17. The van der Waals surface area contributed by atoms with Crippen LogP contribution in [0.25, 0.3) is 0 Å². The Balaban J connectivity index is 1.98. The molecular formula is C14H16N2O5. The lowest BCUT2D eigenvalue weighted by atomic mass is 10.2. The number of carboxylic acid groups (broad SMARTS) is 1. The highest BCUT2D eigenvalue weighted by atomic mass is 16.5. The number of nitrogens with zero attached hydrogens (tertiary/aromatic N) is 1. The highest BCUT2D eigenvalue weighted by molar-refractivity contribution is 5.91. The van der Waals surface area contributed by atoms with Gasteiger partial charge in [-0.3, -0.25) is 9.59 Å². The summed E-state index contributed by atoms with van der Waals surface area (Å²) in [5, 5.41) is 11.5. The zero-order chi connectivity index (χ0) is 15.4. The fourth-order valence-corrected chi connectivity index (χ4v) is 1.99. The van der Waals surface area contributed by atoms with E-state index in [-0.39, 0.29) is 25.6 Å². The van der Waals surface area contributed by atoms with Crippen LogP contribution in [0.4, 0.5) is 0 Å². The number of nitrogens with one attached hydrogen (secondary N) is 1. The summed E-state index contributed by atoms with van der Waals surface area (Å²) in [5.74, 6) is -1.55. The van der Waals surface area contributed by atoms with Crippen molar-refractivity contribution in [2.45, 2.75) is 13.0 Å². The van der Waals surface area contributed by atoms with Crippen molar-refractivity contribution in [2.75, 3.05) is 19.7 Å². The fourth-order valence-electron chi connectivity index (χ4n) is 1.99. The summed E-state index contributed by atoms with van der Waals surface area (Å²) in [5.41, 5.74) is 1.06. The van der Waals surface area contributed by atoms with Crippen molar-refractivity contribution in [1.29, 1.82) is 0 Å². The summed E-state index contributed by atoms with van der Waals surface area (Å²) in [6.07, 6.45) is 0. The molecule has 1 heterocycles. The normalized spacial score (nSPS) is 18.0. The Labute approximate surface area is 121 Å². The van der Waals surface area contributed by atoms with E-state index in [1.54, 1.807) is 12.1 Å². The summed E-state index contributed by atoms with van der Waals surface area (Å²) in [7, 11) is 0. The van der Waals surface area contributed by atoms with Gasteiger partial charge in [0.1, 0.15) is 18.3 Å². The van der Waals surface area contributed by atoms with Crippen molar-refractivity contribution in [3.05, 3.63) is 29.8 Å². The van der Waals surface area contributed by atoms with Gasteiger partial charge in [-0.2, -0.15) is 0 Å². The number of carbonyl (C=O) groups excluding carboxylic acids is 2. The van der Waals surface area contributed by atoms with E-state index in [2.05, 4.69) is 5.32 Å². The number of hydrogen-bond donors (Lipinski definition) is 2. The van der Waals surface area contributed by atoms with Gasteiger partial charge in [0.15, 0.2) is 6.61 Å². The Morgan fingerprint density at radius 2 is 2.05 bits per heavy atom. The van der Waals surface area contributed by atoms with Crippen LogP contribution in [0, 0.1) is 6.92 Å². The first kappa shape index (κ1) is 14.8. The number of benzene rings is 1. The monoisotopic (exact) mass is 292 g/mol. The molecule has 1 saturated heterocycles. The predicted molar refractivity (Wildman–Crippen MR) is 72.8 cm³/mol. The zero-order valence-corrected chi connectivity index (χ0v) is 11.5. The van der Waals surface area contributed by atoms with Crippen molar-refractivity contribution < 1.29 is 24.2 Å². The maximum atomic E-state index is 12.1. The molecule has 1 atom stereocenters. The Kier molecular flexibility index (Phi) is 4.42. The number of ether oxygens (including phenoxy) is 1. The molecule has 1 aliphatic heterocycles. The molecule has 1 aromatic rings. The summed E-state index contributed by atoms with van der Waals surface area (Å²) < 4.78 is 5.32. The number of carbonyl (C=O) groups is 3. The predicted octanol–water partition coefficient (Wildman–Crippen LogP) is -0.215. The smallest absolute Gasteiger partial charge is 0.328 e. The molecule has 0 saturated carbocycles. The standard InChI is InChI=1S/C14H16N2O5/c1-9-2-4-10(5-3-9)21-8-13(18)16-7-12(17)15-6-11(16)14(19)20/h2-5,11H,6-8H2,1H3,(H,15,17)(H,19,20). The van der Waals surface area contributed by atoms with Gasteiger partial charge in [-0.25, -0.2) is 4.79 Å². The van der Waals surface area contributed by atoms with E-state index in [9.17, 15) is 14.4 Å². The molecule has 7 nitrogen and oxygen atoms in total. The van der Waals surface area contributed by atoms with Gasteiger partial charge in [-0.15, -0.1) is 0 Å². The van der Waals surface area contributed by atoms with Crippen LogP contribution >= 0.6 is 0 Å². The molecule has 0 radical (unpaired) electrons. The Hall–Kier alpha value is -2.57. The van der Waals surface area contributed by atoms with Crippen LogP contribution < -0.4 is 10.1 Å². The van der Waals surface area contributed by atoms with E-state index in [0.29, 0.717) is 5.75 Å². The zero-order valence-electron chi connectivity index (χ0n) is 11.5. The average Bonchev–Trinajstić information content (AvgIpc) is 2.46. The molecule has 2 amide bonds. The van der Waals surface area contributed by atoms with Crippen molar-refractivity contribution in [2.24, 2.45) is 0 Å². The van der Waals surface area contributed by atoms with E-state index in [1.165, 1.54) is 0 Å². The Bertz CT molecular complexity index is 555. The minimum absolute atomic E-state index is 0.0928. The van der Waals surface area contributed by atoms with Crippen LogP contribution in [-0.2, 0) is 14.4 Å². The van der Waals surface area contributed by atoms with E-state index < -0.39 is 17.9 Å². The first-order valence-electron chi connectivity index (χ1n) is 6.46. The molecule has 112 valence electrons. The Morgan fingerprint density at radius 1 is 1.38 bits per heavy atom. The molecule has 1 aromatic carbocycles. The second kappa shape index (κ2) is 6.25. The summed E-state index contributed by atoms with van der Waals surface area (Å²) in [4.78, 5) is 35.5. The van der Waals surface area contributed by atoms with Gasteiger partial charge in [-0.05, 0) is 19.1 Å². The molecule has 2 rings (SSSR count). The van der Waals surface area contributed by atoms with Gasteiger partial charge < -0.3 is 20.1 Å². The molecule has 0 aromatic heterocycles. The van der Waals surface area contributed by atoms with Crippen LogP contribution in [0.1, 0.15) is 5.56 Å². The van der Waals surface area contributed by atoms with Gasteiger partial charge in [0.2, 0.25) is 5.91 Å². The number of carboxylic acids is 1. The summed E-state index contributed by atoms with van der Waals surface area (Å²) in [6, 6.07) is 6.07. The molecule has 0 aliphatic carbocycles. The van der Waals surface area contributed by atoms with Gasteiger partial charge in [-0.1, -0.05) is 17.7 Å². The van der Waals surface area contributed by atoms with Crippen LogP contribution in [0.5, 0.6) is 5.75 Å². The quantitative estimate of drug-likeness (QED) is 0.800. The van der Waals surface area contributed by atoms with Crippen LogP contribution in [-0.4, -0.2) is 53.5 Å². The second-order valence-electron chi connectivity index (χ2n) is 4.78. The number of aliphatic carboxylic acids is 1. The largest absolute Gasteiger partial charge is 0.484 e.